The predicted octanol–water partition coefficient (Wildman–Crippen LogP) is 2.44. The van der Waals surface area contributed by atoms with E-state index in [-0.39, 0.29) is 12.1 Å². The Balaban J connectivity index is 1.79. The van der Waals surface area contributed by atoms with Crippen molar-refractivity contribution in [2.24, 2.45) is 0 Å². The summed E-state index contributed by atoms with van der Waals surface area (Å²) in [5, 5.41) is 7.70. The molecule has 5 nitrogen and oxygen atoms in total. The molecule has 2 aromatic heterocycles. The molecule has 6 heteroatoms. The fraction of sp³-hybridized carbons (Fsp3) is 0.357. The zero-order valence-electron chi connectivity index (χ0n) is 11.6. The van der Waals surface area contributed by atoms with Gasteiger partial charge >= 0.3 is 6.03 Å². The summed E-state index contributed by atoms with van der Waals surface area (Å²) in [6.07, 6.45) is 1.64. The van der Waals surface area contributed by atoms with E-state index in [0.29, 0.717) is 13.1 Å². The molecule has 108 valence electrons. The van der Waals surface area contributed by atoms with Crippen LogP contribution >= 0.6 is 11.3 Å². The lowest BCUT2D eigenvalue weighted by Crippen LogP contribution is -2.40. The van der Waals surface area contributed by atoms with E-state index in [4.69, 9.17) is 4.42 Å². The SMILES string of the molecule is CN(C)[C@@H](CNC(=O)NCc1cccs1)c1ccco1. The van der Waals surface area contributed by atoms with Crippen LogP contribution in [0.25, 0.3) is 0 Å². The Labute approximate surface area is 122 Å². The molecule has 0 aliphatic rings. The Hall–Kier alpha value is -1.79. The van der Waals surface area contributed by atoms with E-state index >= 15 is 0 Å². The zero-order valence-corrected chi connectivity index (χ0v) is 12.4. The minimum atomic E-state index is -0.170. The monoisotopic (exact) mass is 293 g/mol. The van der Waals surface area contributed by atoms with Crippen LogP contribution in [0.4, 0.5) is 4.79 Å². The van der Waals surface area contributed by atoms with Crippen molar-refractivity contribution in [3.8, 4) is 0 Å². The maximum absolute atomic E-state index is 11.8. The number of rotatable bonds is 6. The van der Waals surface area contributed by atoms with E-state index in [1.165, 1.54) is 0 Å². The summed E-state index contributed by atoms with van der Waals surface area (Å²) in [7, 11) is 3.91. The highest BCUT2D eigenvalue weighted by molar-refractivity contribution is 7.09. The van der Waals surface area contributed by atoms with Crippen LogP contribution < -0.4 is 10.6 Å². The fourth-order valence-corrected chi connectivity index (χ4v) is 2.50. The first kappa shape index (κ1) is 14.6. The smallest absolute Gasteiger partial charge is 0.315 e. The lowest BCUT2D eigenvalue weighted by atomic mass is 10.2. The number of carbonyl (C=O) groups excluding carboxylic acids is 1. The molecule has 0 unspecified atom stereocenters. The molecule has 0 bridgehead atoms. The van der Waals surface area contributed by atoms with Gasteiger partial charge in [0.05, 0.1) is 18.8 Å². The van der Waals surface area contributed by atoms with Crippen molar-refractivity contribution >= 4 is 17.4 Å². The lowest BCUT2D eigenvalue weighted by Gasteiger charge is -2.22. The molecule has 2 rings (SSSR count). The third-order valence-electron chi connectivity index (χ3n) is 2.95. The second-order valence-corrected chi connectivity index (χ2v) is 5.67. The average Bonchev–Trinajstić information content (AvgIpc) is 3.09. The summed E-state index contributed by atoms with van der Waals surface area (Å²) < 4.78 is 5.40. The number of furan rings is 1. The van der Waals surface area contributed by atoms with Crippen molar-refractivity contribution in [2.45, 2.75) is 12.6 Å². The molecule has 2 heterocycles. The van der Waals surface area contributed by atoms with Gasteiger partial charge in [0.15, 0.2) is 0 Å². The van der Waals surface area contributed by atoms with Gasteiger partial charge in [0.25, 0.3) is 0 Å². The van der Waals surface area contributed by atoms with E-state index in [2.05, 4.69) is 10.6 Å². The van der Waals surface area contributed by atoms with Crippen LogP contribution in [-0.2, 0) is 6.54 Å². The van der Waals surface area contributed by atoms with Gasteiger partial charge in [-0.1, -0.05) is 6.07 Å². The molecule has 0 aliphatic carbocycles. The van der Waals surface area contributed by atoms with Gasteiger partial charge in [-0.25, -0.2) is 4.79 Å². The van der Waals surface area contributed by atoms with Gasteiger partial charge in [-0.2, -0.15) is 0 Å². The zero-order chi connectivity index (χ0) is 14.4. The van der Waals surface area contributed by atoms with Crippen LogP contribution in [0.2, 0.25) is 0 Å². The normalized spacial score (nSPS) is 12.3. The van der Waals surface area contributed by atoms with E-state index in [1.807, 2.05) is 48.6 Å². The quantitative estimate of drug-likeness (QED) is 0.860. The van der Waals surface area contributed by atoms with Crippen LogP contribution in [0.5, 0.6) is 0 Å². The highest BCUT2D eigenvalue weighted by Crippen LogP contribution is 2.17. The number of hydrogen-bond acceptors (Lipinski definition) is 4. The Morgan fingerprint density at radius 1 is 1.35 bits per heavy atom. The summed E-state index contributed by atoms with van der Waals surface area (Å²) in [6, 6.07) is 7.59. The number of urea groups is 1. The van der Waals surface area contributed by atoms with Gasteiger partial charge in [0.2, 0.25) is 0 Å². The van der Waals surface area contributed by atoms with Gasteiger partial charge in [0.1, 0.15) is 5.76 Å². The Kier molecular flexibility index (Phi) is 5.20. The van der Waals surface area contributed by atoms with Crippen molar-refractivity contribution in [2.75, 3.05) is 20.6 Å². The summed E-state index contributed by atoms with van der Waals surface area (Å²) in [4.78, 5) is 14.9. The molecule has 0 saturated heterocycles. The number of carbonyl (C=O) groups is 1. The molecule has 20 heavy (non-hydrogen) atoms. The van der Waals surface area contributed by atoms with Crippen molar-refractivity contribution in [1.82, 2.24) is 15.5 Å². The molecule has 0 radical (unpaired) electrons. The molecule has 0 aromatic carbocycles. The summed E-state index contributed by atoms with van der Waals surface area (Å²) >= 11 is 1.63. The van der Waals surface area contributed by atoms with Gasteiger partial charge in [0, 0.05) is 11.4 Å². The molecule has 0 saturated carbocycles. The largest absolute Gasteiger partial charge is 0.468 e. The summed E-state index contributed by atoms with van der Waals surface area (Å²) in [6.45, 7) is 1.05. The fourth-order valence-electron chi connectivity index (χ4n) is 1.85. The minimum absolute atomic E-state index is 0.0255. The molecule has 2 aromatic rings. The highest BCUT2D eigenvalue weighted by atomic mass is 32.1. The molecule has 0 fully saturated rings. The maximum Gasteiger partial charge on any atom is 0.315 e. The van der Waals surface area contributed by atoms with Crippen LogP contribution in [0.1, 0.15) is 16.7 Å². The third-order valence-corrected chi connectivity index (χ3v) is 3.83. The summed E-state index contributed by atoms with van der Waals surface area (Å²) in [5.41, 5.74) is 0. The second-order valence-electron chi connectivity index (χ2n) is 4.64. The van der Waals surface area contributed by atoms with Gasteiger partial charge in [-0.05, 0) is 37.7 Å². The molecule has 2 N–H and O–H groups in total. The van der Waals surface area contributed by atoms with Crippen molar-refractivity contribution in [3.05, 3.63) is 46.5 Å². The molecule has 2 amide bonds. The standard InChI is InChI=1S/C14H19N3O2S/c1-17(2)12(13-6-3-7-19-13)10-16-14(18)15-9-11-5-4-8-20-11/h3-8,12H,9-10H2,1-2H3,(H2,15,16,18)/t12-/m0/s1. The first-order valence-electron chi connectivity index (χ1n) is 6.40. The van der Waals surface area contributed by atoms with E-state index in [9.17, 15) is 4.79 Å². The van der Waals surface area contributed by atoms with Crippen LogP contribution in [0.3, 0.4) is 0 Å². The number of likely N-dealkylation sites (N-methyl/N-ethyl adjacent to an activating group) is 1. The van der Waals surface area contributed by atoms with Gasteiger partial charge in [-0.15, -0.1) is 11.3 Å². The molecular weight excluding hydrogens is 274 g/mol. The van der Waals surface area contributed by atoms with Crippen LogP contribution in [-0.4, -0.2) is 31.6 Å². The van der Waals surface area contributed by atoms with Crippen LogP contribution in [0, 0.1) is 0 Å². The predicted molar refractivity (Wildman–Crippen MR) is 79.7 cm³/mol. The van der Waals surface area contributed by atoms with E-state index < -0.39 is 0 Å². The second kappa shape index (κ2) is 7.12. The first-order valence-corrected chi connectivity index (χ1v) is 7.28. The number of thiophene rings is 1. The van der Waals surface area contributed by atoms with Crippen LogP contribution in [0.15, 0.2) is 40.3 Å². The minimum Gasteiger partial charge on any atom is -0.468 e. The van der Waals surface area contributed by atoms with E-state index in [0.717, 1.165) is 10.6 Å². The summed E-state index contributed by atoms with van der Waals surface area (Å²) in [5.74, 6) is 0.841. The van der Waals surface area contributed by atoms with Gasteiger partial charge < -0.3 is 15.1 Å². The Morgan fingerprint density at radius 2 is 2.20 bits per heavy atom. The molecule has 1 atom stereocenters. The third kappa shape index (κ3) is 4.11. The van der Waals surface area contributed by atoms with Crippen molar-refractivity contribution in [3.63, 3.8) is 0 Å². The molecule has 0 aliphatic heterocycles. The molecule has 0 spiro atoms. The lowest BCUT2D eigenvalue weighted by molar-refractivity contribution is 0.225. The number of hydrogen-bond donors (Lipinski definition) is 2. The van der Waals surface area contributed by atoms with Gasteiger partial charge in [-0.3, -0.25) is 4.90 Å². The maximum atomic E-state index is 11.8. The average molecular weight is 293 g/mol. The van der Waals surface area contributed by atoms with E-state index in [1.54, 1.807) is 17.6 Å². The Morgan fingerprint density at radius 3 is 2.80 bits per heavy atom. The highest BCUT2D eigenvalue weighted by Gasteiger charge is 2.17. The first-order chi connectivity index (χ1) is 9.66. The molecular formula is C14H19N3O2S. The Bertz CT molecular complexity index is 509. The number of nitrogens with one attached hydrogen (secondary N) is 2. The topological polar surface area (TPSA) is 57.5 Å². The van der Waals surface area contributed by atoms with Crippen molar-refractivity contribution < 1.29 is 9.21 Å². The van der Waals surface area contributed by atoms with Crippen molar-refractivity contribution in [1.29, 1.82) is 0 Å². The number of nitrogens with zero attached hydrogens (tertiary/aromatic N) is 1. The number of amides is 2.